The second-order valence-corrected chi connectivity index (χ2v) is 5.24. The van der Waals surface area contributed by atoms with Gasteiger partial charge in [0, 0.05) is 11.1 Å². The minimum atomic E-state index is -0.157. The van der Waals surface area contributed by atoms with Gasteiger partial charge in [0.25, 0.3) is 0 Å². The first-order valence-electron chi connectivity index (χ1n) is 5.24. The molecule has 1 aliphatic rings. The molecule has 0 bridgehead atoms. The predicted octanol–water partition coefficient (Wildman–Crippen LogP) is 1.72. The summed E-state index contributed by atoms with van der Waals surface area (Å²) in [5.74, 6) is -0.104. The Morgan fingerprint density at radius 1 is 1.43 bits per heavy atom. The van der Waals surface area contributed by atoms with Crippen molar-refractivity contribution in [1.29, 1.82) is 0 Å². The summed E-state index contributed by atoms with van der Waals surface area (Å²) < 4.78 is 5.08. The van der Waals surface area contributed by atoms with E-state index in [1.54, 1.807) is 0 Å². The Labute approximate surface area is 86.2 Å². The van der Waals surface area contributed by atoms with Gasteiger partial charge in [-0.15, -0.1) is 0 Å². The maximum absolute atomic E-state index is 11.7. The Kier molecular flexibility index (Phi) is 2.91. The fraction of sp³-hybridized carbons (Fsp3) is 0.909. The van der Waals surface area contributed by atoms with E-state index < -0.39 is 0 Å². The molecule has 1 saturated heterocycles. The quantitative estimate of drug-likeness (QED) is 0.688. The van der Waals surface area contributed by atoms with Crippen molar-refractivity contribution >= 4 is 5.97 Å². The molecule has 3 nitrogen and oxygen atoms in total. The minimum absolute atomic E-state index is 0.0287. The second-order valence-electron chi connectivity index (χ2n) is 5.24. The number of ether oxygens (including phenoxy) is 1. The molecule has 14 heavy (non-hydrogen) atoms. The average molecular weight is 199 g/mol. The smallest absolute Gasteiger partial charge is 0.310 e. The highest BCUT2D eigenvalue weighted by molar-refractivity contribution is 5.74. The number of carbonyl (C=O) groups excluding carboxylic acids is 1. The van der Waals surface area contributed by atoms with Gasteiger partial charge < -0.3 is 10.1 Å². The Bertz CT molecular complexity index is 233. The highest BCUT2D eigenvalue weighted by atomic mass is 16.5. The van der Waals surface area contributed by atoms with Gasteiger partial charge >= 0.3 is 5.97 Å². The first-order chi connectivity index (χ1) is 6.28. The van der Waals surface area contributed by atoms with Gasteiger partial charge in [0.15, 0.2) is 0 Å². The number of hydrogen-bond acceptors (Lipinski definition) is 3. The van der Waals surface area contributed by atoms with Crippen LogP contribution in [-0.2, 0) is 9.53 Å². The average Bonchev–Trinajstić information content (AvgIpc) is 2.19. The third kappa shape index (κ3) is 2.27. The second kappa shape index (κ2) is 3.54. The summed E-state index contributed by atoms with van der Waals surface area (Å²) >= 11 is 0. The van der Waals surface area contributed by atoms with E-state index >= 15 is 0 Å². The van der Waals surface area contributed by atoms with Gasteiger partial charge in [-0.2, -0.15) is 0 Å². The Balaban J connectivity index is 2.75. The number of rotatable bonds is 2. The van der Waals surface area contributed by atoms with Gasteiger partial charge in [-0.05, 0) is 41.0 Å². The van der Waals surface area contributed by atoms with Crippen LogP contribution in [0.15, 0.2) is 0 Å². The normalized spacial score (nSPS) is 28.8. The summed E-state index contributed by atoms with van der Waals surface area (Å²) in [6.07, 6.45) is 0.846. The van der Waals surface area contributed by atoms with Crippen LogP contribution in [0, 0.1) is 5.92 Å². The molecule has 0 saturated carbocycles. The molecule has 0 aromatic heterocycles. The van der Waals surface area contributed by atoms with E-state index in [4.69, 9.17) is 4.74 Å². The maximum Gasteiger partial charge on any atom is 0.310 e. The molecule has 0 aromatic rings. The third-order valence-electron chi connectivity index (χ3n) is 2.82. The van der Waals surface area contributed by atoms with Crippen molar-refractivity contribution in [2.75, 3.05) is 6.61 Å². The van der Waals surface area contributed by atoms with Gasteiger partial charge in [-0.1, -0.05) is 0 Å². The molecule has 1 rings (SSSR count). The zero-order chi connectivity index (χ0) is 11.0. The van der Waals surface area contributed by atoms with Gasteiger partial charge in [-0.25, -0.2) is 0 Å². The van der Waals surface area contributed by atoms with E-state index in [0.29, 0.717) is 6.61 Å². The molecule has 1 N–H and O–H groups in total. The SMILES string of the molecule is CCOC(=O)C1CC(C)(C)NC1(C)C. The van der Waals surface area contributed by atoms with Gasteiger partial charge in [0.2, 0.25) is 0 Å². The van der Waals surface area contributed by atoms with Crippen molar-refractivity contribution in [3.8, 4) is 0 Å². The molecule has 1 atom stereocenters. The molecule has 82 valence electrons. The van der Waals surface area contributed by atoms with Crippen LogP contribution >= 0.6 is 0 Å². The zero-order valence-corrected chi connectivity index (χ0v) is 9.81. The van der Waals surface area contributed by atoms with E-state index in [1.165, 1.54) is 0 Å². The number of nitrogens with one attached hydrogen (secondary N) is 1. The fourth-order valence-corrected chi connectivity index (χ4v) is 2.40. The molecule has 1 unspecified atom stereocenters. The largest absolute Gasteiger partial charge is 0.466 e. The standard InChI is InChI=1S/C11H21NO2/c1-6-14-9(13)8-7-10(2,3)12-11(8,4)5/h8,12H,6-7H2,1-5H3. The molecular formula is C11H21NO2. The van der Waals surface area contributed by atoms with Crippen LogP contribution in [0.2, 0.25) is 0 Å². The van der Waals surface area contributed by atoms with E-state index in [1.807, 2.05) is 6.92 Å². The van der Waals surface area contributed by atoms with Gasteiger partial charge in [0.1, 0.15) is 0 Å². The highest BCUT2D eigenvalue weighted by Crippen LogP contribution is 2.36. The Hall–Kier alpha value is -0.570. The third-order valence-corrected chi connectivity index (χ3v) is 2.82. The first kappa shape index (κ1) is 11.5. The van der Waals surface area contributed by atoms with Crippen LogP contribution in [0.25, 0.3) is 0 Å². The zero-order valence-electron chi connectivity index (χ0n) is 9.81. The maximum atomic E-state index is 11.7. The van der Waals surface area contributed by atoms with Crippen LogP contribution in [-0.4, -0.2) is 23.7 Å². The minimum Gasteiger partial charge on any atom is -0.466 e. The molecule has 3 heteroatoms. The van der Waals surface area contributed by atoms with Crippen molar-refractivity contribution < 1.29 is 9.53 Å². The summed E-state index contributed by atoms with van der Waals surface area (Å²) in [6, 6.07) is 0. The van der Waals surface area contributed by atoms with E-state index in [-0.39, 0.29) is 23.0 Å². The summed E-state index contributed by atoms with van der Waals surface area (Å²) in [4.78, 5) is 11.7. The van der Waals surface area contributed by atoms with Crippen LogP contribution in [0.3, 0.4) is 0 Å². The lowest BCUT2D eigenvalue weighted by Gasteiger charge is -2.27. The van der Waals surface area contributed by atoms with Crippen molar-refractivity contribution in [3.05, 3.63) is 0 Å². The monoisotopic (exact) mass is 199 g/mol. The molecule has 1 heterocycles. The molecule has 0 aliphatic carbocycles. The highest BCUT2D eigenvalue weighted by Gasteiger charge is 2.48. The summed E-state index contributed by atoms with van der Waals surface area (Å²) in [5, 5.41) is 3.46. The Morgan fingerprint density at radius 2 is 2.00 bits per heavy atom. The first-order valence-corrected chi connectivity index (χ1v) is 5.24. The predicted molar refractivity (Wildman–Crippen MR) is 56.0 cm³/mol. The molecule has 1 fully saturated rings. The number of esters is 1. The number of carbonyl (C=O) groups is 1. The van der Waals surface area contributed by atoms with Crippen molar-refractivity contribution in [2.24, 2.45) is 5.92 Å². The lowest BCUT2D eigenvalue weighted by atomic mass is 9.87. The van der Waals surface area contributed by atoms with Crippen molar-refractivity contribution in [3.63, 3.8) is 0 Å². The van der Waals surface area contributed by atoms with Gasteiger partial charge in [0.05, 0.1) is 12.5 Å². The molecule has 0 spiro atoms. The van der Waals surface area contributed by atoms with Crippen LogP contribution in [0.1, 0.15) is 41.0 Å². The lowest BCUT2D eigenvalue weighted by molar-refractivity contribution is -0.149. The Morgan fingerprint density at radius 3 is 2.36 bits per heavy atom. The van der Waals surface area contributed by atoms with E-state index in [9.17, 15) is 4.79 Å². The van der Waals surface area contributed by atoms with E-state index in [0.717, 1.165) is 6.42 Å². The molecule has 0 radical (unpaired) electrons. The molecule has 1 aliphatic heterocycles. The van der Waals surface area contributed by atoms with Crippen LogP contribution in [0.4, 0.5) is 0 Å². The topological polar surface area (TPSA) is 38.3 Å². The van der Waals surface area contributed by atoms with Crippen molar-refractivity contribution in [2.45, 2.75) is 52.1 Å². The van der Waals surface area contributed by atoms with Crippen LogP contribution in [0.5, 0.6) is 0 Å². The van der Waals surface area contributed by atoms with Crippen LogP contribution < -0.4 is 5.32 Å². The summed E-state index contributed by atoms with van der Waals surface area (Å²) in [6.45, 7) is 10.7. The number of hydrogen-bond donors (Lipinski definition) is 1. The van der Waals surface area contributed by atoms with Crippen molar-refractivity contribution in [1.82, 2.24) is 5.32 Å². The van der Waals surface area contributed by atoms with E-state index in [2.05, 4.69) is 33.0 Å². The van der Waals surface area contributed by atoms with Gasteiger partial charge in [-0.3, -0.25) is 4.79 Å². The summed E-state index contributed by atoms with van der Waals surface area (Å²) in [5.41, 5.74) is -0.128. The molecular weight excluding hydrogens is 178 g/mol. The molecule has 0 amide bonds. The lowest BCUT2D eigenvalue weighted by Crippen LogP contribution is -2.46. The summed E-state index contributed by atoms with van der Waals surface area (Å²) in [7, 11) is 0. The fourth-order valence-electron chi connectivity index (χ4n) is 2.40. The molecule has 0 aromatic carbocycles.